The van der Waals surface area contributed by atoms with E-state index in [1.165, 1.54) is 12.3 Å². The quantitative estimate of drug-likeness (QED) is 0.296. The zero-order valence-electron chi connectivity index (χ0n) is 18.6. The van der Waals surface area contributed by atoms with Crippen molar-refractivity contribution in [2.24, 2.45) is 5.10 Å². The number of aryl methyl sites for hydroxylation is 1. The molecule has 0 aliphatic carbocycles. The zero-order chi connectivity index (χ0) is 24.3. The van der Waals surface area contributed by atoms with Crippen molar-refractivity contribution in [1.29, 1.82) is 0 Å². The summed E-state index contributed by atoms with van der Waals surface area (Å²) in [5.74, 6) is -0.280. The predicted molar refractivity (Wildman–Crippen MR) is 126 cm³/mol. The average molecular weight is 463 g/mol. The number of aromatic carboxylic acids is 1. The summed E-state index contributed by atoms with van der Waals surface area (Å²) in [6.07, 6.45) is 3.00. The Kier molecular flexibility index (Phi) is 8.56. The molecule has 1 heterocycles. The maximum Gasteiger partial charge on any atom is 0.336 e. The SMILES string of the molecule is COc1ccc(CCCC(=O)NCC(=O)N/N=C\c2ccc(-c3ccccc3C(=O)O)o2)cc1. The normalized spacial score (nSPS) is 10.7. The molecule has 3 aromatic rings. The van der Waals surface area contributed by atoms with Gasteiger partial charge in [0.25, 0.3) is 5.91 Å². The molecule has 0 saturated heterocycles. The summed E-state index contributed by atoms with van der Waals surface area (Å²) >= 11 is 0. The molecule has 2 aromatic carbocycles. The van der Waals surface area contributed by atoms with Gasteiger partial charge in [0.2, 0.25) is 5.91 Å². The van der Waals surface area contributed by atoms with Crippen LogP contribution in [0.4, 0.5) is 0 Å². The number of benzene rings is 2. The van der Waals surface area contributed by atoms with E-state index in [-0.39, 0.29) is 18.0 Å². The molecule has 2 amide bonds. The molecule has 0 saturated carbocycles. The van der Waals surface area contributed by atoms with E-state index in [4.69, 9.17) is 9.15 Å². The van der Waals surface area contributed by atoms with Gasteiger partial charge in [0.05, 0.1) is 25.4 Å². The largest absolute Gasteiger partial charge is 0.497 e. The fourth-order valence-electron chi connectivity index (χ4n) is 3.17. The summed E-state index contributed by atoms with van der Waals surface area (Å²) < 4.78 is 10.7. The molecule has 9 heteroatoms. The van der Waals surface area contributed by atoms with Crippen LogP contribution in [0.15, 0.2) is 70.2 Å². The second-order valence-corrected chi connectivity index (χ2v) is 7.32. The molecule has 3 N–H and O–H groups in total. The molecule has 0 fully saturated rings. The smallest absolute Gasteiger partial charge is 0.336 e. The zero-order valence-corrected chi connectivity index (χ0v) is 18.6. The van der Waals surface area contributed by atoms with Gasteiger partial charge >= 0.3 is 5.97 Å². The summed E-state index contributed by atoms with van der Waals surface area (Å²) in [6, 6.07) is 17.4. The Labute approximate surface area is 196 Å². The Morgan fingerprint density at radius 3 is 2.53 bits per heavy atom. The number of hydrogen-bond acceptors (Lipinski definition) is 6. The van der Waals surface area contributed by atoms with Gasteiger partial charge in [-0.2, -0.15) is 5.10 Å². The van der Waals surface area contributed by atoms with E-state index in [0.717, 1.165) is 17.7 Å². The number of furan rings is 1. The van der Waals surface area contributed by atoms with Crippen LogP contribution in [0.25, 0.3) is 11.3 Å². The second kappa shape index (κ2) is 12.0. The van der Waals surface area contributed by atoms with E-state index in [2.05, 4.69) is 15.8 Å². The highest BCUT2D eigenvalue weighted by Gasteiger charge is 2.13. The van der Waals surface area contributed by atoms with Gasteiger partial charge in [0.1, 0.15) is 17.3 Å². The van der Waals surface area contributed by atoms with Gasteiger partial charge < -0.3 is 19.6 Å². The van der Waals surface area contributed by atoms with Crippen LogP contribution in [-0.2, 0) is 16.0 Å². The summed E-state index contributed by atoms with van der Waals surface area (Å²) in [6.45, 7) is -0.200. The number of nitrogens with one attached hydrogen (secondary N) is 2. The summed E-state index contributed by atoms with van der Waals surface area (Å²) in [7, 11) is 1.61. The molecular formula is C25H25N3O6. The van der Waals surface area contributed by atoms with Crippen LogP contribution in [0.3, 0.4) is 0 Å². The first-order valence-corrected chi connectivity index (χ1v) is 10.6. The number of nitrogens with zero attached hydrogens (tertiary/aromatic N) is 1. The number of hydrazone groups is 1. The van der Waals surface area contributed by atoms with Gasteiger partial charge in [-0.25, -0.2) is 10.2 Å². The molecule has 0 radical (unpaired) electrons. The van der Waals surface area contributed by atoms with Gasteiger partial charge in [0, 0.05) is 12.0 Å². The molecule has 34 heavy (non-hydrogen) atoms. The first-order chi connectivity index (χ1) is 16.5. The van der Waals surface area contributed by atoms with E-state index in [1.54, 1.807) is 37.4 Å². The second-order valence-electron chi connectivity index (χ2n) is 7.32. The van der Waals surface area contributed by atoms with Crippen molar-refractivity contribution in [3.05, 3.63) is 77.6 Å². The van der Waals surface area contributed by atoms with Crippen molar-refractivity contribution in [3.8, 4) is 17.1 Å². The maximum absolute atomic E-state index is 11.9. The van der Waals surface area contributed by atoms with Crippen molar-refractivity contribution in [3.63, 3.8) is 0 Å². The highest BCUT2D eigenvalue weighted by Crippen LogP contribution is 2.25. The number of methoxy groups -OCH3 is 1. The van der Waals surface area contributed by atoms with Gasteiger partial charge in [-0.05, 0) is 48.7 Å². The lowest BCUT2D eigenvalue weighted by Gasteiger charge is -2.05. The maximum atomic E-state index is 11.9. The highest BCUT2D eigenvalue weighted by molar-refractivity contribution is 5.95. The number of hydrogen-bond donors (Lipinski definition) is 3. The first-order valence-electron chi connectivity index (χ1n) is 10.6. The lowest BCUT2D eigenvalue weighted by atomic mass is 10.1. The number of carbonyl (C=O) groups is 3. The molecule has 3 rings (SSSR count). The summed E-state index contributed by atoms with van der Waals surface area (Å²) in [5.41, 5.74) is 3.97. The monoisotopic (exact) mass is 463 g/mol. The minimum Gasteiger partial charge on any atom is -0.497 e. The fraction of sp³-hybridized carbons (Fsp3) is 0.200. The number of rotatable bonds is 11. The molecule has 0 spiro atoms. The predicted octanol–water partition coefficient (Wildman–Crippen LogP) is 3.24. The third-order valence-corrected chi connectivity index (χ3v) is 4.91. The van der Waals surface area contributed by atoms with E-state index in [1.807, 2.05) is 24.3 Å². The van der Waals surface area contributed by atoms with Gasteiger partial charge in [-0.3, -0.25) is 9.59 Å². The van der Waals surface area contributed by atoms with E-state index in [0.29, 0.717) is 29.9 Å². The molecule has 0 aliphatic heterocycles. The Morgan fingerprint density at radius 2 is 1.79 bits per heavy atom. The standard InChI is InChI=1S/C25H25N3O6/c1-33-18-11-9-17(10-12-18)5-4-8-23(29)26-16-24(30)28-27-15-19-13-14-22(34-19)20-6-2-3-7-21(20)25(31)32/h2-3,6-7,9-15H,4-5,8,16H2,1H3,(H,26,29)(H,28,30)(H,31,32)/b27-15-. The minimum atomic E-state index is -1.06. The number of amides is 2. The molecule has 0 bridgehead atoms. The van der Waals surface area contributed by atoms with Gasteiger partial charge in [-0.1, -0.05) is 30.3 Å². The summed E-state index contributed by atoms with van der Waals surface area (Å²) in [4.78, 5) is 35.2. The molecular weight excluding hydrogens is 438 g/mol. The number of ether oxygens (including phenoxy) is 1. The van der Waals surface area contributed by atoms with Crippen molar-refractivity contribution in [2.75, 3.05) is 13.7 Å². The van der Waals surface area contributed by atoms with Crippen LogP contribution in [0.5, 0.6) is 5.75 Å². The Morgan fingerprint density at radius 1 is 1.03 bits per heavy atom. The lowest BCUT2D eigenvalue weighted by molar-refractivity contribution is -0.126. The van der Waals surface area contributed by atoms with Crippen LogP contribution < -0.4 is 15.5 Å². The third-order valence-electron chi connectivity index (χ3n) is 4.91. The lowest BCUT2D eigenvalue weighted by Crippen LogP contribution is -2.34. The number of carboxylic acid groups (broad SMARTS) is 1. The van der Waals surface area contributed by atoms with Crippen LogP contribution in [0.2, 0.25) is 0 Å². The topological polar surface area (TPSA) is 130 Å². The highest BCUT2D eigenvalue weighted by atomic mass is 16.5. The average Bonchev–Trinajstić information content (AvgIpc) is 3.32. The van der Waals surface area contributed by atoms with Crippen molar-refractivity contribution < 1.29 is 28.6 Å². The molecule has 176 valence electrons. The van der Waals surface area contributed by atoms with Crippen LogP contribution in [-0.4, -0.2) is 42.8 Å². The van der Waals surface area contributed by atoms with Crippen molar-refractivity contribution >= 4 is 24.0 Å². The third kappa shape index (κ3) is 7.06. The Bertz CT molecular complexity index is 1170. The van der Waals surface area contributed by atoms with Crippen LogP contribution in [0.1, 0.15) is 34.5 Å². The fourth-order valence-corrected chi connectivity index (χ4v) is 3.17. The summed E-state index contributed by atoms with van der Waals surface area (Å²) in [5, 5.41) is 15.7. The molecule has 0 aliphatic rings. The van der Waals surface area contributed by atoms with Crippen LogP contribution >= 0.6 is 0 Å². The Balaban J connectivity index is 1.39. The van der Waals surface area contributed by atoms with Crippen LogP contribution in [0, 0.1) is 0 Å². The molecule has 9 nitrogen and oxygen atoms in total. The first kappa shape index (κ1) is 24.2. The van der Waals surface area contributed by atoms with E-state index >= 15 is 0 Å². The van der Waals surface area contributed by atoms with E-state index in [9.17, 15) is 19.5 Å². The number of carbonyl (C=O) groups excluding carboxylic acids is 2. The Hall–Kier alpha value is -4.40. The van der Waals surface area contributed by atoms with Crippen molar-refractivity contribution in [2.45, 2.75) is 19.3 Å². The van der Waals surface area contributed by atoms with Gasteiger partial charge in [0.15, 0.2) is 0 Å². The van der Waals surface area contributed by atoms with Gasteiger partial charge in [-0.15, -0.1) is 0 Å². The van der Waals surface area contributed by atoms with Crippen molar-refractivity contribution in [1.82, 2.24) is 10.7 Å². The molecule has 0 unspecified atom stereocenters. The number of carboxylic acids is 1. The minimum absolute atomic E-state index is 0.119. The molecule has 0 atom stereocenters. The van der Waals surface area contributed by atoms with E-state index < -0.39 is 11.9 Å². The molecule has 1 aromatic heterocycles.